The van der Waals surface area contributed by atoms with Crippen molar-refractivity contribution in [2.75, 3.05) is 0 Å². The number of allylic oxidation sites excluding steroid dienone is 1. The molecule has 10 nitrogen and oxygen atoms in total. The zero-order chi connectivity index (χ0) is 20.8. The number of oxime groups is 2. The molecule has 1 radical (unpaired) electrons. The van der Waals surface area contributed by atoms with Crippen LogP contribution in [0.1, 0.15) is 27.7 Å². The van der Waals surface area contributed by atoms with Gasteiger partial charge in [-0.1, -0.05) is 16.4 Å². The fraction of sp³-hybridized carbons (Fsp3) is 0.250. The number of hydrogen-bond acceptors (Lipinski definition) is 10. The predicted molar refractivity (Wildman–Crippen MR) is 102 cm³/mol. The second-order valence-corrected chi connectivity index (χ2v) is 4.08. The minimum atomic E-state index is 0. The van der Waals surface area contributed by atoms with Gasteiger partial charge < -0.3 is 35.9 Å². The van der Waals surface area contributed by atoms with Crippen molar-refractivity contribution < 1.29 is 32.0 Å². The molecular formula is C16H22CoN5O5-3. The van der Waals surface area contributed by atoms with E-state index in [1.54, 1.807) is 12.4 Å². The predicted octanol–water partition coefficient (Wildman–Crippen LogP) is 2.84. The van der Waals surface area contributed by atoms with E-state index in [2.05, 4.69) is 32.2 Å². The summed E-state index contributed by atoms with van der Waals surface area (Å²) in [5.74, 6) is 0. The van der Waals surface area contributed by atoms with Gasteiger partial charge in [0, 0.05) is 29.2 Å². The van der Waals surface area contributed by atoms with Crippen molar-refractivity contribution in [1.82, 2.24) is 4.98 Å². The summed E-state index contributed by atoms with van der Waals surface area (Å²) < 4.78 is 0. The largest absolute Gasteiger partial charge is 0.792 e. The van der Waals surface area contributed by atoms with E-state index in [-0.39, 0.29) is 39.6 Å². The normalized spacial score (nSPS) is 11.0. The molecule has 0 saturated carbocycles. The summed E-state index contributed by atoms with van der Waals surface area (Å²) in [6, 6.07) is 5.72. The van der Waals surface area contributed by atoms with Gasteiger partial charge in [-0.25, -0.2) is 6.08 Å². The summed E-state index contributed by atoms with van der Waals surface area (Å²) in [6.07, 6.45) is 4.97. The van der Waals surface area contributed by atoms with Crippen LogP contribution >= 0.6 is 0 Å². The SMILES string of the molecule is CC(=N\[O-])/C(C)=N/O.CC(=N\[O-])/C(C)=N/O.[CH-]=CC=O.[Co].c1ccncc1. The molecule has 1 aromatic heterocycles. The first-order valence-corrected chi connectivity index (χ1v) is 6.91. The minimum absolute atomic E-state index is 0. The molecular weight excluding hydrogens is 401 g/mol. The van der Waals surface area contributed by atoms with Gasteiger partial charge in [-0.2, -0.15) is 0 Å². The number of pyridine rings is 1. The molecule has 0 spiro atoms. The van der Waals surface area contributed by atoms with Crippen molar-refractivity contribution in [1.29, 1.82) is 0 Å². The molecule has 1 heterocycles. The average Bonchev–Trinajstić information content (AvgIpc) is 2.73. The van der Waals surface area contributed by atoms with Gasteiger partial charge in [0.1, 0.15) is 0 Å². The van der Waals surface area contributed by atoms with Crippen LogP contribution in [0.2, 0.25) is 0 Å². The molecule has 0 amide bonds. The first kappa shape index (κ1) is 31.7. The Labute approximate surface area is 168 Å². The van der Waals surface area contributed by atoms with E-state index in [9.17, 15) is 10.4 Å². The molecule has 0 saturated heterocycles. The maximum Gasteiger partial charge on any atom is 0.0967 e. The summed E-state index contributed by atoms with van der Waals surface area (Å²) in [7, 11) is 0. The van der Waals surface area contributed by atoms with E-state index in [1.807, 2.05) is 18.2 Å². The molecule has 0 aliphatic heterocycles. The summed E-state index contributed by atoms with van der Waals surface area (Å²) in [5.41, 5.74) is 0.903. The molecule has 0 aliphatic rings. The summed E-state index contributed by atoms with van der Waals surface area (Å²) in [4.78, 5) is 12.8. The number of hydrogen-bond donors (Lipinski definition) is 2. The van der Waals surface area contributed by atoms with Crippen molar-refractivity contribution in [2.45, 2.75) is 27.7 Å². The Morgan fingerprint density at radius 1 is 0.889 bits per heavy atom. The number of rotatable bonds is 3. The molecule has 1 rings (SSSR count). The monoisotopic (exact) mass is 423 g/mol. The second kappa shape index (κ2) is 25.2. The smallest absolute Gasteiger partial charge is 0.0967 e. The molecule has 0 aliphatic carbocycles. The standard InChI is InChI=1S/C5H5N.2C4H8N2O2.C3H3O.Co/c1-2-4-6-5-3-1;2*1-3(5-7)4(2)6-8;1-2-3-4;/h1-5H;2*7-8H,1-2H3;1-3H;/q;;;-1;/p-2/b;2*5-3+,6-4+;;. The van der Waals surface area contributed by atoms with Crippen molar-refractivity contribution in [3.05, 3.63) is 53.7 Å². The third kappa shape index (κ3) is 25.3. The van der Waals surface area contributed by atoms with Crippen LogP contribution in [0.3, 0.4) is 0 Å². The van der Waals surface area contributed by atoms with Gasteiger partial charge in [-0.3, -0.25) is 11.6 Å². The number of aromatic nitrogens is 1. The van der Waals surface area contributed by atoms with Crippen LogP contribution in [0.15, 0.2) is 57.3 Å². The molecule has 0 aromatic carbocycles. The van der Waals surface area contributed by atoms with E-state index in [0.29, 0.717) is 6.29 Å². The van der Waals surface area contributed by atoms with E-state index < -0.39 is 0 Å². The Morgan fingerprint density at radius 3 is 1.30 bits per heavy atom. The number of aldehydes is 1. The quantitative estimate of drug-likeness (QED) is 0.189. The maximum atomic E-state index is 9.63. The van der Waals surface area contributed by atoms with Gasteiger partial charge in [0.15, 0.2) is 0 Å². The van der Waals surface area contributed by atoms with Gasteiger partial charge in [-0.05, 0) is 46.1 Å². The Balaban J connectivity index is -0.000000133. The molecule has 0 unspecified atom stereocenters. The van der Waals surface area contributed by atoms with Crippen LogP contribution in [0.25, 0.3) is 0 Å². The van der Waals surface area contributed by atoms with Crippen molar-refractivity contribution >= 4 is 29.1 Å². The topological polar surface area (TPSA) is 166 Å². The van der Waals surface area contributed by atoms with E-state index in [4.69, 9.17) is 15.2 Å². The molecule has 1 aromatic rings. The second-order valence-electron chi connectivity index (χ2n) is 4.08. The molecule has 0 fully saturated rings. The molecule has 0 bridgehead atoms. The number of carbonyl (C=O) groups excluding carboxylic acids is 1. The van der Waals surface area contributed by atoms with Crippen LogP contribution in [0.4, 0.5) is 0 Å². The third-order valence-electron chi connectivity index (χ3n) is 2.27. The van der Waals surface area contributed by atoms with Gasteiger partial charge in [0.25, 0.3) is 0 Å². The average molecular weight is 423 g/mol. The van der Waals surface area contributed by atoms with Crippen LogP contribution in [0, 0.1) is 17.0 Å². The fourth-order valence-corrected chi connectivity index (χ4v) is 0.589. The van der Waals surface area contributed by atoms with Gasteiger partial charge in [0.2, 0.25) is 0 Å². The zero-order valence-corrected chi connectivity index (χ0v) is 16.3. The Hall–Kier alpha value is -3.05. The summed E-state index contributed by atoms with van der Waals surface area (Å²) >= 11 is 0. The molecule has 27 heavy (non-hydrogen) atoms. The van der Waals surface area contributed by atoms with E-state index >= 15 is 0 Å². The van der Waals surface area contributed by atoms with Gasteiger partial charge in [0.05, 0.1) is 22.8 Å². The van der Waals surface area contributed by atoms with Crippen molar-refractivity contribution in [3.8, 4) is 0 Å². The molecule has 2 N–H and O–H groups in total. The maximum absolute atomic E-state index is 9.63. The first-order valence-electron chi connectivity index (χ1n) is 6.91. The summed E-state index contributed by atoms with van der Waals surface area (Å²) in [5, 5.41) is 45.8. The van der Waals surface area contributed by atoms with Gasteiger partial charge >= 0.3 is 0 Å². The Kier molecular flexibility index (Phi) is 29.6. The number of carbonyl (C=O) groups is 1. The van der Waals surface area contributed by atoms with Crippen LogP contribution in [-0.2, 0) is 21.6 Å². The first-order chi connectivity index (χ1) is 12.4. The van der Waals surface area contributed by atoms with Crippen molar-refractivity contribution in [2.24, 2.45) is 20.6 Å². The Bertz CT molecular complexity index is 508. The van der Waals surface area contributed by atoms with Crippen LogP contribution < -0.4 is 0 Å². The minimum Gasteiger partial charge on any atom is -0.792 e. The van der Waals surface area contributed by atoms with E-state index in [0.717, 1.165) is 6.08 Å². The third-order valence-corrected chi connectivity index (χ3v) is 2.27. The molecule has 11 heteroatoms. The van der Waals surface area contributed by atoms with Gasteiger partial charge in [-0.15, -0.1) is 0 Å². The molecule has 0 atom stereocenters. The van der Waals surface area contributed by atoms with Crippen molar-refractivity contribution in [3.63, 3.8) is 0 Å². The zero-order valence-electron chi connectivity index (χ0n) is 15.3. The molecule has 153 valence electrons. The van der Waals surface area contributed by atoms with E-state index in [1.165, 1.54) is 27.7 Å². The fourth-order valence-electron chi connectivity index (χ4n) is 0.589. The van der Waals surface area contributed by atoms with Crippen LogP contribution in [0.5, 0.6) is 0 Å². The summed E-state index contributed by atoms with van der Waals surface area (Å²) in [6.45, 7) is 10.5. The van der Waals surface area contributed by atoms with Crippen LogP contribution in [-0.4, -0.2) is 44.5 Å². The number of nitrogens with zero attached hydrogens (tertiary/aromatic N) is 5. The Morgan fingerprint density at radius 2 is 1.22 bits per heavy atom.